The van der Waals surface area contributed by atoms with Crippen molar-refractivity contribution in [2.45, 2.75) is 12.5 Å². The maximum Gasteiger partial charge on any atom is 0.277 e. The van der Waals surface area contributed by atoms with Crippen molar-refractivity contribution in [1.29, 1.82) is 0 Å². The Morgan fingerprint density at radius 1 is 1.29 bits per heavy atom. The molecule has 8 heteroatoms. The van der Waals surface area contributed by atoms with Gasteiger partial charge in [0.2, 0.25) is 0 Å². The molecule has 0 saturated carbocycles. The first kappa shape index (κ1) is 16.7. The zero-order chi connectivity index (χ0) is 16.9. The van der Waals surface area contributed by atoms with Crippen molar-refractivity contribution in [2.24, 2.45) is 0 Å². The number of thiazole rings is 2. The molecule has 1 amide bonds. The predicted molar refractivity (Wildman–Crippen MR) is 92.0 cm³/mol. The van der Waals surface area contributed by atoms with E-state index >= 15 is 0 Å². The number of benzene rings is 1. The third kappa shape index (κ3) is 3.84. The fourth-order valence-corrected chi connectivity index (χ4v) is 3.54. The summed E-state index contributed by atoms with van der Waals surface area (Å²) < 4.78 is 18.6. The van der Waals surface area contributed by atoms with Gasteiger partial charge < -0.3 is 4.74 Å². The maximum atomic E-state index is 13.1. The van der Waals surface area contributed by atoms with E-state index in [2.05, 4.69) is 15.3 Å². The fraction of sp³-hybridized carbons (Fsp3) is 0.188. The molecule has 24 heavy (non-hydrogen) atoms. The quantitative estimate of drug-likeness (QED) is 0.721. The molecule has 1 atom stereocenters. The Balaban J connectivity index is 1.76. The molecule has 0 radical (unpaired) electrons. The first-order chi connectivity index (χ1) is 11.7. The molecule has 0 spiro atoms. The number of carbonyl (C=O) groups is 1. The molecule has 0 saturated heterocycles. The highest BCUT2D eigenvalue weighted by Crippen LogP contribution is 2.26. The average molecular weight is 363 g/mol. The summed E-state index contributed by atoms with van der Waals surface area (Å²) in [6.45, 7) is 0. The molecule has 3 rings (SSSR count). The number of carbonyl (C=O) groups excluding carboxylic acids is 1. The van der Waals surface area contributed by atoms with Crippen LogP contribution in [0.15, 0.2) is 41.4 Å². The molecule has 0 bridgehead atoms. The van der Waals surface area contributed by atoms with Gasteiger partial charge in [-0.2, -0.15) is 0 Å². The number of hydrogen-bond acceptors (Lipinski definition) is 6. The van der Waals surface area contributed by atoms with Crippen LogP contribution in [0.1, 0.15) is 27.0 Å². The second kappa shape index (κ2) is 7.61. The first-order valence-electron chi connectivity index (χ1n) is 7.09. The predicted octanol–water partition coefficient (Wildman–Crippen LogP) is 3.92. The lowest BCUT2D eigenvalue weighted by Gasteiger charge is -2.15. The van der Waals surface area contributed by atoms with Gasteiger partial charge in [0.15, 0.2) is 5.13 Å². The van der Waals surface area contributed by atoms with Crippen LogP contribution in [0, 0.1) is 5.82 Å². The Hall–Kier alpha value is -2.16. The molecule has 1 aromatic carbocycles. The molecule has 2 heterocycles. The third-order valence-electron chi connectivity index (χ3n) is 3.41. The average Bonchev–Trinajstić information content (AvgIpc) is 3.25. The molecule has 5 nitrogen and oxygen atoms in total. The van der Waals surface area contributed by atoms with E-state index in [4.69, 9.17) is 4.74 Å². The molecule has 0 aliphatic rings. The summed E-state index contributed by atoms with van der Waals surface area (Å²) in [5.41, 5.74) is 2.83. The number of ether oxygens (including phenoxy) is 1. The molecule has 1 unspecified atom stereocenters. The lowest BCUT2D eigenvalue weighted by molar-refractivity contribution is 0.0997. The Morgan fingerprint density at radius 2 is 2.08 bits per heavy atom. The summed E-state index contributed by atoms with van der Waals surface area (Å²) in [6.07, 6.45) is 1.82. The van der Waals surface area contributed by atoms with Gasteiger partial charge >= 0.3 is 0 Å². The summed E-state index contributed by atoms with van der Waals surface area (Å²) in [4.78, 5) is 21.4. The van der Waals surface area contributed by atoms with Gasteiger partial charge in [0.05, 0.1) is 11.6 Å². The number of nitrogens with one attached hydrogen (secondary N) is 1. The molecule has 3 aromatic rings. The van der Waals surface area contributed by atoms with Crippen LogP contribution in [0.4, 0.5) is 9.52 Å². The summed E-state index contributed by atoms with van der Waals surface area (Å²) in [5.74, 6) is -0.593. The Kier molecular flexibility index (Phi) is 5.29. The highest BCUT2D eigenvalue weighted by Gasteiger charge is 2.20. The lowest BCUT2D eigenvalue weighted by atomic mass is 10.0. The summed E-state index contributed by atoms with van der Waals surface area (Å²) in [5, 5.41) is 5.04. The van der Waals surface area contributed by atoms with E-state index in [-0.39, 0.29) is 17.8 Å². The van der Waals surface area contributed by atoms with Gasteiger partial charge in [-0.1, -0.05) is 12.1 Å². The third-order valence-corrected chi connectivity index (χ3v) is 4.95. The molecule has 2 aromatic heterocycles. The number of amides is 1. The maximum absolute atomic E-state index is 13.1. The van der Waals surface area contributed by atoms with Crippen molar-refractivity contribution in [3.63, 3.8) is 0 Å². The van der Waals surface area contributed by atoms with Crippen molar-refractivity contribution < 1.29 is 13.9 Å². The van der Waals surface area contributed by atoms with Crippen molar-refractivity contribution in [2.75, 3.05) is 12.4 Å². The summed E-state index contributed by atoms with van der Waals surface area (Å²) in [7, 11) is 1.59. The Bertz CT molecular complexity index is 803. The van der Waals surface area contributed by atoms with Gasteiger partial charge in [0, 0.05) is 30.0 Å². The van der Waals surface area contributed by atoms with Crippen LogP contribution in [-0.2, 0) is 11.2 Å². The number of aromatic nitrogens is 2. The molecule has 1 N–H and O–H groups in total. The first-order valence-corrected chi connectivity index (χ1v) is 8.84. The largest absolute Gasteiger partial charge is 0.376 e. The van der Waals surface area contributed by atoms with Gasteiger partial charge in [0.25, 0.3) is 5.91 Å². The molecule has 0 fully saturated rings. The molecular weight excluding hydrogens is 349 g/mol. The molecule has 0 aliphatic heterocycles. The zero-order valence-corrected chi connectivity index (χ0v) is 14.4. The highest BCUT2D eigenvalue weighted by molar-refractivity contribution is 7.13. The second-order valence-corrected chi connectivity index (χ2v) is 6.73. The van der Waals surface area contributed by atoms with E-state index in [1.54, 1.807) is 36.3 Å². The van der Waals surface area contributed by atoms with Crippen LogP contribution in [0.3, 0.4) is 0 Å². The van der Waals surface area contributed by atoms with E-state index in [1.165, 1.54) is 34.8 Å². The van der Waals surface area contributed by atoms with Crippen LogP contribution >= 0.6 is 22.7 Å². The van der Waals surface area contributed by atoms with Crippen molar-refractivity contribution in [3.8, 4) is 0 Å². The normalized spacial score (nSPS) is 12.1. The Morgan fingerprint density at radius 3 is 2.75 bits per heavy atom. The fourth-order valence-electron chi connectivity index (χ4n) is 2.23. The van der Waals surface area contributed by atoms with Gasteiger partial charge in [-0.05, 0) is 17.7 Å². The highest BCUT2D eigenvalue weighted by atomic mass is 32.1. The minimum atomic E-state index is -0.296. The van der Waals surface area contributed by atoms with Crippen LogP contribution in [-0.4, -0.2) is 23.0 Å². The van der Waals surface area contributed by atoms with E-state index in [0.717, 1.165) is 10.4 Å². The van der Waals surface area contributed by atoms with Gasteiger partial charge in [0.1, 0.15) is 11.5 Å². The minimum absolute atomic E-state index is 0.280. The van der Waals surface area contributed by atoms with Crippen molar-refractivity contribution in [3.05, 3.63) is 63.3 Å². The lowest BCUT2D eigenvalue weighted by Crippen LogP contribution is -2.15. The van der Waals surface area contributed by atoms with Crippen LogP contribution in [0.2, 0.25) is 0 Å². The molecule has 124 valence electrons. The van der Waals surface area contributed by atoms with Gasteiger partial charge in [-0.15, -0.1) is 22.7 Å². The number of anilines is 1. The number of hydrogen-bond donors (Lipinski definition) is 1. The van der Waals surface area contributed by atoms with Crippen molar-refractivity contribution >= 4 is 33.7 Å². The standard InChI is InChI=1S/C16H14FN3O2S2/c1-22-12(10-2-4-11(17)5-3-10)8-13-14(19-9-24-13)15(21)20-16-18-6-7-23-16/h2-7,9,12H,8H2,1H3,(H,18,20,21). The number of halogens is 1. The number of methoxy groups -OCH3 is 1. The second-order valence-electron chi connectivity index (χ2n) is 4.90. The molecular formula is C16H14FN3O2S2. The smallest absolute Gasteiger partial charge is 0.277 e. The summed E-state index contributed by atoms with van der Waals surface area (Å²) >= 11 is 2.73. The van der Waals surface area contributed by atoms with E-state index in [0.29, 0.717) is 17.2 Å². The minimum Gasteiger partial charge on any atom is -0.376 e. The Labute approximate surface area is 146 Å². The van der Waals surface area contributed by atoms with Gasteiger partial charge in [-0.25, -0.2) is 14.4 Å². The van der Waals surface area contributed by atoms with E-state index < -0.39 is 0 Å². The van der Waals surface area contributed by atoms with Crippen LogP contribution in [0.25, 0.3) is 0 Å². The van der Waals surface area contributed by atoms with Crippen molar-refractivity contribution in [1.82, 2.24) is 9.97 Å². The number of nitrogens with zero attached hydrogens (tertiary/aromatic N) is 2. The summed E-state index contributed by atoms with van der Waals surface area (Å²) in [6, 6.07) is 6.15. The van der Waals surface area contributed by atoms with E-state index in [1.807, 2.05) is 0 Å². The van der Waals surface area contributed by atoms with Gasteiger partial charge in [-0.3, -0.25) is 10.1 Å². The van der Waals surface area contributed by atoms with Crippen LogP contribution in [0.5, 0.6) is 0 Å². The topological polar surface area (TPSA) is 64.1 Å². The molecule has 0 aliphatic carbocycles. The zero-order valence-electron chi connectivity index (χ0n) is 12.7. The SMILES string of the molecule is COC(Cc1scnc1C(=O)Nc1nccs1)c1ccc(F)cc1. The van der Waals surface area contributed by atoms with E-state index in [9.17, 15) is 9.18 Å². The number of rotatable bonds is 6. The van der Waals surface area contributed by atoms with Crippen LogP contribution < -0.4 is 5.32 Å². The monoisotopic (exact) mass is 363 g/mol.